The van der Waals surface area contributed by atoms with Gasteiger partial charge in [-0.05, 0) is 19.8 Å². The molecule has 18 heavy (non-hydrogen) atoms. The predicted octanol–water partition coefficient (Wildman–Crippen LogP) is 2.72. The zero-order chi connectivity index (χ0) is 12.4. The number of aromatic nitrogens is 2. The van der Waals surface area contributed by atoms with Gasteiger partial charge in [-0.1, -0.05) is 19.3 Å². The number of anilines is 1. The van der Waals surface area contributed by atoms with Gasteiger partial charge in [-0.3, -0.25) is 0 Å². The first-order valence-corrected chi connectivity index (χ1v) is 7.13. The van der Waals surface area contributed by atoms with E-state index >= 15 is 0 Å². The number of hydrogen-bond acceptors (Lipinski definition) is 4. The number of ether oxygens (including phenoxy) is 1. The van der Waals surface area contributed by atoms with Crippen molar-refractivity contribution in [2.45, 2.75) is 58.0 Å². The predicted molar refractivity (Wildman–Crippen MR) is 71.1 cm³/mol. The van der Waals surface area contributed by atoms with Crippen LogP contribution in [0.4, 0.5) is 5.82 Å². The number of fused-ring (bicyclic) bond motifs is 4. The molecule has 1 aromatic rings. The standard InChI is InChI=1S/C14H21N3O/c1-10-9-11-13-15-8-6-4-2-3-5-7-12(16-13)17-14(11)18-10/h10H,2-9H2,1H3,(H,15,16,17). The van der Waals surface area contributed by atoms with Gasteiger partial charge in [-0.2, -0.15) is 4.98 Å². The van der Waals surface area contributed by atoms with Gasteiger partial charge in [0.25, 0.3) is 0 Å². The summed E-state index contributed by atoms with van der Waals surface area (Å²) in [6, 6.07) is 0. The summed E-state index contributed by atoms with van der Waals surface area (Å²) >= 11 is 0. The number of hydrogen-bond donors (Lipinski definition) is 1. The van der Waals surface area contributed by atoms with Gasteiger partial charge >= 0.3 is 0 Å². The molecule has 4 heteroatoms. The third-order valence-electron chi connectivity index (χ3n) is 3.69. The quantitative estimate of drug-likeness (QED) is 0.765. The Morgan fingerprint density at radius 3 is 2.89 bits per heavy atom. The Kier molecular flexibility index (Phi) is 3.35. The van der Waals surface area contributed by atoms with Gasteiger partial charge in [0, 0.05) is 19.4 Å². The minimum atomic E-state index is 0.234. The van der Waals surface area contributed by atoms with Crippen LogP contribution in [-0.2, 0) is 12.8 Å². The number of rotatable bonds is 0. The van der Waals surface area contributed by atoms with Crippen LogP contribution in [0.2, 0.25) is 0 Å². The van der Waals surface area contributed by atoms with Crippen LogP contribution in [0.25, 0.3) is 0 Å². The zero-order valence-electron chi connectivity index (χ0n) is 11.0. The summed E-state index contributed by atoms with van der Waals surface area (Å²) in [5.41, 5.74) is 1.17. The van der Waals surface area contributed by atoms with Crippen molar-refractivity contribution in [3.63, 3.8) is 0 Å². The van der Waals surface area contributed by atoms with E-state index in [9.17, 15) is 0 Å². The fourth-order valence-corrected chi connectivity index (χ4v) is 2.71. The van der Waals surface area contributed by atoms with Gasteiger partial charge in [0.2, 0.25) is 5.88 Å². The van der Waals surface area contributed by atoms with Gasteiger partial charge < -0.3 is 10.1 Å². The van der Waals surface area contributed by atoms with E-state index < -0.39 is 0 Å². The van der Waals surface area contributed by atoms with Crippen molar-refractivity contribution in [1.29, 1.82) is 0 Å². The first-order valence-electron chi connectivity index (χ1n) is 7.13. The van der Waals surface area contributed by atoms with Crippen LogP contribution < -0.4 is 10.1 Å². The van der Waals surface area contributed by atoms with Crippen molar-refractivity contribution in [2.75, 3.05) is 11.9 Å². The Labute approximate surface area is 108 Å². The molecule has 0 aliphatic carbocycles. The van der Waals surface area contributed by atoms with E-state index in [0.717, 1.165) is 36.9 Å². The number of nitrogens with zero attached hydrogens (tertiary/aromatic N) is 2. The summed E-state index contributed by atoms with van der Waals surface area (Å²) in [5, 5.41) is 3.47. The SMILES string of the molecule is CC1Cc2c3nc(nc2O1)CCCCCCCN3. The molecule has 3 rings (SSSR count). The molecule has 2 aliphatic rings. The largest absolute Gasteiger partial charge is 0.474 e. The maximum Gasteiger partial charge on any atom is 0.222 e. The topological polar surface area (TPSA) is 47.0 Å². The summed E-state index contributed by atoms with van der Waals surface area (Å²) in [6.07, 6.45) is 8.47. The van der Waals surface area contributed by atoms with Crippen molar-refractivity contribution < 1.29 is 4.74 Å². The number of aryl methyl sites for hydroxylation is 1. The molecule has 98 valence electrons. The van der Waals surface area contributed by atoms with Crippen LogP contribution in [0.1, 0.15) is 50.4 Å². The second-order valence-corrected chi connectivity index (χ2v) is 5.35. The highest BCUT2D eigenvalue weighted by Gasteiger charge is 2.25. The van der Waals surface area contributed by atoms with Gasteiger partial charge in [0.05, 0.1) is 5.56 Å². The van der Waals surface area contributed by atoms with E-state index in [1.54, 1.807) is 0 Å². The van der Waals surface area contributed by atoms with Crippen molar-refractivity contribution in [3.05, 3.63) is 11.4 Å². The van der Waals surface area contributed by atoms with Gasteiger partial charge in [0.1, 0.15) is 17.7 Å². The highest BCUT2D eigenvalue weighted by molar-refractivity contribution is 5.51. The number of nitrogens with one attached hydrogen (secondary N) is 1. The van der Waals surface area contributed by atoms with Crippen molar-refractivity contribution in [1.82, 2.24) is 9.97 Å². The van der Waals surface area contributed by atoms with E-state index in [2.05, 4.69) is 22.2 Å². The Bertz CT molecular complexity index is 433. The Morgan fingerprint density at radius 1 is 1.11 bits per heavy atom. The lowest BCUT2D eigenvalue weighted by molar-refractivity contribution is 0.245. The molecule has 0 aromatic carbocycles. The fraction of sp³-hybridized carbons (Fsp3) is 0.714. The van der Waals surface area contributed by atoms with Crippen LogP contribution in [0.15, 0.2) is 0 Å². The molecule has 1 unspecified atom stereocenters. The van der Waals surface area contributed by atoms with E-state index in [1.807, 2.05) is 0 Å². The summed E-state index contributed by atoms with van der Waals surface area (Å²) in [5.74, 6) is 2.77. The van der Waals surface area contributed by atoms with E-state index in [0.29, 0.717) is 0 Å². The molecule has 0 radical (unpaired) electrons. The highest BCUT2D eigenvalue weighted by Crippen LogP contribution is 2.32. The molecular formula is C14H21N3O. The lowest BCUT2D eigenvalue weighted by atomic mass is 10.1. The summed E-state index contributed by atoms with van der Waals surface area (Å²) in [7, 11) is 0. The second kappa shape index (κ2) is 5.12. The molecule has 2 aliphatic heterocycles. The van der Waals surface area contributed by atoms with Crippen LogP contribution in [0.3, 0.4) is 0 Å². The lowest BCUT2D eigenvalue weighted by Gasteiger charge is -2.09. The normalized spacial score (nSPS) is 23.5. The van der Waals surface area contributed by atoms with Crippen molar-refractivity contribution >= 4 is 5.82 Å². The van der Waals surface area contributed by atoms with E-state index in [1.165, 1.54) is 37.7 Å². The van der Waals surface area contributed by atoms with Gasteiger partial charge in [-0.25, -0.2) is 4.98 Å². The molecule has 2 bridgehead atoms. The van der Waals surface area contributed by atoms with Crippen LogP contribution >= 0.6 is 0 Å². The van der Waals surface area contributed by atoms with E-state index in [-0.39, 0.29) is 6.10 Å². The van der Waals surface area contributed by atoms with Crippen molar-refractivity contribution in [3.8, 4) is 5.88 Å². The lowest BCUT2D eigenvalue weighted by Crippen LogP contribution is -2.08. The minimum Gasteiger partial charge on any atom is -0.474 e. The Hall–Kier alpha value is -1.32. The molecular weight excluding hydrogens is 226 g/mol. The molecule has 0 amide bonds. The second-order valence-electron chi connectivity index (χ2n) is 5.35. The fourth-order valence-electron chi connectivity index (χ4n) is 2.71. The third kappa shape index (κ3) is 2.42. The molecule has 1 aromatic heterocycles. The van der Waals surface area contributed by atoms with Gasteiger partial charge in [0.15, 0.2) is 0 Å². The van der Waals surface area contributed by atoms with Crippen LogP contribution in [0.5, 0.6) is 5.88 Å². The van der Waals surface area contributed by atoms with Crippen molar-refractivity contribution in [2.24, 2.45) is 0 Å². The summed E-state index contributed by atoms with van der Waals surface area (Å²) in [4.78, 5) is 9.24. The summed E-state index contributed by atoms with van der Waals surface area (Å²) in [6.45, 7) is 3.10. The molecule has 0 saturated heterocycles. The Balaban J connectivity index is 1.90. The van der Waals surface area contributed by atoms with Crippen LogP contribution in [-0.4, -0.2) is 22.6 Å². The Morgan fingerprint density at radius 2 is 1.94 bits per heavy atom. The minimum absolute atomic E-state index is 0.234. The molecule has 0 spiro atoms. The maximum atomic E-state index is 5.77. The first-order chi connectivity index (χ1) is 8.83. The molecule has 3 heterocycles. The average Bonchev–Trinajstić information content (AvgIpc) is 2.70. The molecule has 0 saturated carbocycles. The monoisotopic (exact) mass is 247 g/mol. The van der Waals surface area contributed by atoms with Crippen LogP contribution in [0, 0.1) is 0 Å². The van der Waals surface area contributed by atoms with E-state index in [4.69, 9.17) is 4.74 Å². The first kappa shape index (κ1) is 11.8. The van der Waals surface area contributed by atoms with Gasteiger partial charge in [-0.15, -0.1) is 0 Å². The molecule has 1 atom stereocenters. The summed E-state index contributed by atoms with van der Waals surface area (Å²) < 4.78 is 5.77. The third-order valence-corrected chi connectivity index (χ3v) is 3.69. The smallest absolute Gasteiger partial charge is 0.222 e. The zero-order valence-corrected chi connectivity index (χ0v) is 11.0. The average molecular weight is 247 g/mol. The molecule has 1 N–H and O–H groups in total. The highest BCUT2D eigenvalue weighted by atomic mass is 16.5. The molecule has 4 nitrogen and oxygen atoms in total. The molecule has 0 fully saturated rings. The maximum absolute atomic E-state index is 5.77.